The number of benzene rings is 3. The minimum atomic E-state index is -0.592. The summed E-state index contributed by atoms with van der Waals surface area (Å²) in [4.78, 5) is 29.2. The van der Waals surface area contributed by atoms with E-state index in [2.05, 4.69) is 55.2 Å². The molecule has 5 nitrogen and oxygen atoms in total. The van der Waals surface area contributed by atoms with Crippen LogP contribution < -0.4 is 5.56 Å². The fourth-order valence-corrected chi connectivity index (χ4v) is 3.66. The Morgan fingerprint density at radius 3 is 2.48 bits per heavy atom. The summed E-state index contributed by atoms with van der Waals surface area (Å²) in [7, 11) is 0. The monoisotopic (exact) mass is 412 g/mol. The summed E-state index contributed by atoms with van der Waals surface area (Å²) in [6.07, 6.45) is 1.53. The molecule has 5 heteroatoms. The van der Waals surface area contributed by atoms with E-state index in [1.165, 1.54) is 18.0 Å². The predicted molar refractivity (Wildman–Crippen MR) is 122 cm³/mol. The van der Waals surface area contributed by atoms with E-state index in [4.69, 9.17) is 5.11 Å². The van der Waals surface area contributed by atoms with Crippen LogP contribution in [0.15, 0.2) is 77.9 Å². The summed E-state index contributed by atoms with van der Waals surface area (Å²) < 4.78 is 1.54. The Morgan fingerprint density at radius 2 is 1.74 bits per heavy atom. The second-order valence-electron chi connectivity index (χ2n) is 7.97. The molecule has 0 unspecified atom stereocenters. The lowest BCUT2D eigenvalue weighted by atomic mass is 9.96. The molecule has 1 heterocycles. The molecule has 0 aliphatic rings. The number of aliphatic hydroxyl groups excluding tert-OH is 1. The maximum atomic E-state index is 13.0. The molecule has 0 aliphatic carbocycles. The third-order valence-corrected chi connectivity index (χ3v) is 5.46. The molecule has 0 saturated carbocycles. The van der Waals surface area contributed by atoms with Crippen molar-refractivity contribution in [2.75, 3.05) is 6.61 Å². The molecular weight excluding hydrogens is 388 g/mol. The number of carbonyl (C=O) groups excluding carboxylic acids is 1. The molecule has 0 bridgehead atoms. The molecule has 0 amide bonds. The lowest BCUT2D eigenvalue weighted by Gasteiger charge is -2.11. The molecule has 0 aliphatic heterocycles. The van der Waals surface area contributed by atoms with Gasteiger partial charge in [0, 0.05) is 5.56 Å². The average Bonchev–Trinajstić information content (AvgIpc) is 2.80. The highest BCUT2D eigenvalue weighted by atomic mass is 16.3. The molecular formula is C26H24N2O3. The summed E-state index contributed by atoms with van der Waals surface area (Å²) in [6.45, 7) is 4.13. The molecule has 4 rings (SSSR count). The van der Waals surface area contributed by atoms with Crippen LogP contribution in [-0.2, 0) is 6.54 Å². The molecule has 1 N–H and O–H groups in total. The quantitative estimate of drug-likeness (QED) is 0.476. The van der Waals surface area contributed by atoms with Crippen molar-refractivity contribution in [1.29, 1.82) is 0 Å². The molecule has 0 atom stereocenters. The highest BCUT2D eigenvalue weighted by Gasteiger charge is 2.10. The lowest BCUT2D eigenvalue weighted by Crippen LogP contribution is -2.21. The Labute approximate surface area is 180 Å². The number of Topliss-reactive ketones (excluding diaryl/α,β-unsaturated/α-hetero) is 1. The van der Waals surface area contributed by atoms with Crippen LogP contribution in [0.5, 0.6) is 0 Å². The van der Waals surface area contributed by atoms with E-state index >= 15 is 0 Å². The summed E-state index contributed by atoms with van der Waals surface area (Å²) in [6, 6.07) is 21.3. The van der Waals surface area contributed by atoms with Gasteiger partial charge in [0.15, 0.2) is 5.78 Å². The van der Waals surface area contributed by atoms with Gasteiger partial charge in [0.2, 0.25) is 0 Å². The van der Waals surface area contributed by atoms with Crippen LogP contribution in [0.25, 0.3) is 22.0 Å². The van der Waals surface area contributed by atoms with Crippen LogP contribution in [0.3, 0.4) is 0 Å². The third kappa shape index (κ3) is 4.32. The first-order chi connectivity index (χ1) is 15.0. The molecule has 4 aromatic rings. The zero-order valence-corrected chi connectivity index (χ0v) is 17.6. The molecule has 3 aromatic carbocycles. The van der Waals surface area contributed by atoms with E-state index in [-0.39, 0.29) is 5.56 Å². The van der Waals surface area contributed by atoms with Gasteiger partial charge in [-0.15, -0.1) is 0 Å². The Morgan fingerprint density at radius 1 is 1.00 bits per heavy atom. The Balaban J connectivity index is 1.69. The highest BCUT2D eigenvalue weighted by molar-refractivity contribution is 5.99. The Bertz CT molecular complexity index is 1320. The second-order valence-corrected chi connectivity index (χ2v) is 7.97. The predicted octanol–water partition coefficient (Wildman–Crippen LogP) is 4.41. The van der Waals surface area contributed by atoms with Gasteiger partial charge in [-0.05, 0) is 52.4 Å². The van der Waals surface area contributed by atoms with Crippen LogP contribution in [0.2, 0.25) is 0 Å². The largest absolute Gasteiger partial charge is 0.388 e. The Hall–Kier alpha value is -3.57. The third-order valence-electron chi connectivity index (χ3n) is 5.46. The molecule has 31 heavy (non-hydrogen) atoms. The van der Waals surface area contributed by atoms with Crippen LogP contribution in [0.1, 0.15) is 41.3 Å². The zero-order chi connectivity index (χ0) is 22.0. The molecule has 0 fully saturated rings. The van der Waals surface area contributed by atoms with Gasteiger partial charge in [0.05, 0.1) is 23.8 Å². The molecule has 0 radical (unpaired) electrons. The molecule has 1 aromatic heterocycles. The van der Waals surface area contributed by atoms with Gasteiger partial charge < -0.3 is 5.11 Å². The van der Waals surface area contributed by atoms with Crippen molar-refractivity contribution < 1.29 is 9.90 Å². The topological polar surface area (TPSA) is 72.2 Å². The van der Waals surface area contributed by atoms with E-state index in [9.17, 15) is 9.59 Å². The minimum absolute atomic E-state index is 0.218. The van der Waals surface area contributed by atoms with Crippen LogP contribution in [0.4, 0.5) is 0 Å². The molecule has 156 valence electrons. The van der Waals surface area contributed by atoms with Crippen molar-refractivity contribution >= 4 is 16.7 Å². The number of carbonyl (C=O) groups is 1. The number of aliphatic hydroxyl groups is 1. The lowest BCUT2D eigenvalue weighted by molar-refractivity contribution is 0.0904. The van der Waals surface area contributed by atoms with Gasteiger partial charge in [-0.1, -0.05) is 56.3 Å². The van der Waals surface area contributed by atoms with Crippen molar-refractivity contribution in [3.63, 3.8) is 0 Å². The summed E-state index contributed by atoms with van der Waals surface area (Å²) in [5, 5.41) is 9.46. The van der Waals surface area contributed by atoms with E-state index in [0.717, 1.165) is 16.7 Å². The SMILES string of the molecule is CC(C)c1cccc(-c2cccc(Cn3cnc4ccc(C(=O)CO)cc4c3=O)c2)c1. The van der Waals surface area contributed by atoms with Gasteiger partial charge in [-0.3, -0.25) is 14.2 Å². The van der Waals surface area contributed by atoms with Crippen LogP contribution in [0, 0.1) is 0 Å². The van der Waals surface area contributed by atoms with Crippen LogP contribution in [-0.4, -0.2) is 27.0 Å². The van der Waals surface area contributed by atoms with Crippen LogP contribution >= 0.6 is 0 Å². The number of fused-ring (bicyclic) bond motifs is 1. The number of rotatable bonds is 6. The fraction of sp³-hybridized carbons (Fsp3) is 0.192. The van der Waals surface area contributed by atoms with Crippen molar-refractivity contribution in [3.8, 4) is 11.1 Å². The average molecular weight is 412 g/mol. The van der Waals surface area contributed by atoms with E-state index in [1.807, 2.05) is 12.1 Å². The number of nitrogens with zero attached hydrogens (tertiary/aromatic N) is 2. The van der Waals surface area contributed by atoms with Gasteiger partial charge in [-0.2, -0.15) is 0 Å². The van der Waals surface area contributed by atoms with Crippen molar-refractivity contribution in [1.82, 2.24) is 9.55 Å². The zero-order valence-electron chi connectivity index (χ0n) is 17.6. The number of hydrogen-bond acceptors (Lipinski definition) is 4. The maximum Gasteiger partial charge on any atom is 0.261 e. The smallest absolute Gasteiger partial charge is 0.261 e. The van der Waals surface area contributed by atoms with Crippen molar-refractivity contribution in [3.05, 3.63) is 100 Å². The van der Waals surface area contributed by atoms with E-state index in [0.29, 0.717) is 28.9 Å². The highest BCUT2D eigenvalue weighted by Crippen LogP contribution is 2.25. The van der Waals surface area contributed by atoms with Crippen molar-refractivity contribution in [2.45, 2.75) is 26.3 Å². The van der Waals surface area contributed by atoms with Gasteiger partial charge in [0.1, 0.15) is 6.61 Å². The number of ketones is 1. The van der Waals surface area contributed by atoms with Gasteiger partial charge in [-0.25, -0.2) is 4.98 Å². The first-order valence-electron chi connectivity index (χ1n) is 10.3. The van der Waals surface area contributed by atoms with Crippen molar-refractivity contribution in [2.24, 2.45) is 0 Å². The normalized spacial score (nSPS) is 11.2. The summed E-state index contributed by atoms with van der Waals surface area (Å²) >= 11 is 0. The number of hydrogen-bond donors (Lipinski definition) is 1. The minimum Gasteiger partial charge on any atom is -0.388 e. The number of aromatic nitrogens is 2. The molecule has 0 spiro atoms. The maximum absolute atomic E-state index is 13.0. The molecule has 0 saturated heterocycles. The van der Waals surface area contributed by atoms with E-state index < -0.39 is 12.4 Å². The first-order valence-corrected chi connectivity index (χ1v) is 10.3. The van der Waals surface area contributed by atoms with Gasteiger partial charge >= 0.3 is 0 Å². The summed E-state index contributed by atoms with van der Waals surface area (Å²) in [5.74, 6) is 0.0287. The Kier molecular flexibility index (Phi) is 5.78. The first kappa shape index (κ1) is 20.7. The van der Waals surface area contributed by atoms with Gasteiger partial charge in [0.25, 0.3) is 5.56 Å². The fourth-order valence-electron chi connectivity index (χ4n) is 3.66. The second kappa shape index (κ2) is 8.66. The van der Waals surface area contributed by atoms with E-state index in [1.54, 1.807) is 16.7 Å². The standard InChI is InChI=1S/C26H24N2O3/c1-17(2)19-6-4-8-21(12-19)20-7-3-5-18(11-20)14-28-16-27-24-10-9-22(25(30)15-29)13-23(24)26(28)31/h3-13,16-17,29H,14-15H2,1-2H3. The summed E-state index contributed by atoms with van der Waals surface area (Å²) in [5.41, 5.74) is 5.12.